The quantitative estimate of drug-likeness (QED) is 0.754. The zero-order chi connectivity index (χ0) is 12.1. The molecule has 0 aliphatic carbocycles. The summed E-state index contributed by atoms with van der Waals surface area (Å²) in [6.45, 7) is 3.81. The zero-order valence-corrected chi connectivity index (χ0v) is 10.2. The lowest BCUT2D eigenvalue weighted by atomic mass is 10.2. The van der Waals surface area contributed by atoms with E-state index in [4.69, 9.17) is 9.47 Å². The fourth-order valence-electron chi connectivity index (χ4n) is 1.53. The number of anilines is 1. The fraction of sp³-hybridized carbons (Fsp3) is 0.500. The smallest absolute Gasteiger partial charge is 0.176 e. The maximum atomic E-state index is 9.56. The Labute approximate surface area is 96.2 Å². The van der Waals surface area contributed by atoms with E-state index < -0.39 is 0 Å². The van der Waals surface area contributed by atoms with Crippen LogP contribution in [0.1, 0.15) is 12.5 Å². The first-order chi connectivity index (χ1) is 7.58. The SMILES string of the molecule is COC(OC)C(C)Nc1ccc(C)c(O)c1. The van der Waals surface area contributed by atoms with Crippen LogP contribution in [0.2, 0.25) is 0 Å². The van der Waals surface area contributed by atoms with E-state index in [-0.39, 0.29) is 18.1 Å². The predicted molar refractivity (Wildman–Crippen MR) is 63.7 cm³/mol. The van der Waals surface area contributed by atoms with Crippen molar-refractivity contribution < 1.29 is 14.6 Å². The standard InChI is InChI=1S/C12H19NO3/c1-8-5-6-10(7-11(8)14)13-9(2)12(15-3)16-4/h5-7,9,12-14H,1-4H3. The summed E-state index contributed by atoms with van der Waals surface area (Å²) in [5, 5.41) is 12.8. The van der Waals surface area contributed by atoms with Crippen LogP contribution < -0.4 is 5.32 Å². The van der Waals surface area contributed by atoms with Crippen LogP contribution in [0.4, 0.5) is 5.69 Å². The van der Waals surface area contributed by atoms with Crippen LogP contribution in [0.25, 0.3) is 0 Å². The third-order valence-electron chi connectivity index (χ3n) is 2.48. The summed E-state index contributed by atoms with van der Waals surface area (Å²) in [4.78, 5) is 0. The van der Waals surface area contributed by atoms with Crippen molar-refractivity contribution in [1.29, 1.82) is 0 Å². The fourth-order valence-corrected chi connectivity index (χ4v) is 1.53. The number of phenols is 1. The summed E-state index contributed by atoms with van der Waals surface area (Å²) in [5.74, 6) is 0.281. The number of nitrogens with one attached hydrogen (secondary N) is 1. The van der Waals surface area contributed by atoms with E-state index in [2.05, 4.69) is 5.32 Å². The van der Waals surface area contributed by atoms with E-state index in [1.54, 1.807) is 20.3 Å². The molecule has 0 aliphatic heterocycles. The Morgan fingerprint density at radius 2 is 1.88 bits per heavy atom. The first-order valence-corrected chi connectivity index (χ1v) is 5.20. The third kappa shape index (κ3) is 3.12. The Kier molecular flexibility index (Phi) is 4.58. The van der Waals surface area contributed by atoms with Crippen LogP contribution in [0.3, 0.4) is 0 Å². The second kappa shape index (κ2) is 5.72. The normalized spacial score (nSPS) is 12.8. The molecule has 0 aliphatic rings. The van der Waals surface area contributed by atoms with Crippen LogP contribution in [0.15, 0.2) is 18.2 Å². The van der Waals surface area contributed by atoms with Crippen molar-refractivity contribution >= 4 is 5.69 Å². The van der Waals surface area contributed by atoms with E-state index in [0.29, 0.717) is 0 Å². The third-order valence-corrected chi connectivity index (χ3v) is 2.48. The highest BCUT2D eigenvalue weighted by molar-refractivity contribution is 5.51. The topological polar surface area (TPSA) is 50.7 Å². The largest absolute Gasteiger partial charge is 0.508 e. The minimum absolute atomic E-state index is 0.00268. The van der Waals surface area contributed by atoms with Gasteiger partial charge < -0.3 is 19.9 Å². The van der Waals surface area contributed by atoms with Crippen LogP contribution in [-0.4, -0.2) is 31.7 Å². The molecule has 4 nitrogen and oxygen atoms in total. The molecular formula is C12H19NO3. The lowest BCUT2D eigenvalue weighted by Gasteiger charge is -2.23. The Hall–Kier alpha value is -1.26. The molecule has 0 spiro atoms. The van der Waals surface area contributed by atoms with Crippen molar-refractivity contribution in [3.63, 3.8) is 0 Å². The van der Waals surface area contributed by atoms with Crippen LogP contribution in [-0.2, 0) is 9.47 Å². The number of phenolic OH excluding ortho intramolecular Hbond substituents is 1. The molecule has 1 rings (SSSR count). The molecule has 0 heterocycles. The maximum Gasteiger partial charge on any atom is 0.176 e. The van der Waals surface area contributed by atoms with Gasteiger partial charge in [0.05, 0.1) is 6.04 Å². The first-order valence-electron chi connectivity index (χ1n) is 5.20. The lowest BCUT2D eigenvalue weighted by Crippen LogP contribution is -2.33. The highest BCUT2D eigenvalue weighted by Gasteiger charge is 2.15. The predicted octanol–water partition coefficient (Wildman–Crippen LogP) is 2.12. The Balaban J connectivity index is 2.69. The van der Waals surface area contributed by atoms with E-state index in [1.165, 1.54) is 0 Å². The number of ether oxygens (including phenoxy) is 2. The number of hydrogen-bond acceptors (Lipinski definition) is 4. The lowest BCUT2D eigenvalue weighted by molar-refractivity contribution is -0.109. The van der Waals surface area contributed by atoms with Gasteiger partial charge in [-0.25, -0.2) is 0 Å². The molecular weight excluding hydrogens is 206 g/mol. The minimum Gasteiger partial charge on any atom is -0.508 e. The zero-order valence-electron chi connectivity index (χ0n) is 10.2. The summed E-state index contributed by atoms with van der Waals surface area (Å²) >= 11 is 0. The van der Waals surface area contributed by atoms with Gasteiger partial charge in [-0.1, -0.05) is 6.07 Å². The van der Waals surface area contributed by atoms with Crippen molar-refractivity contribution in [1.82, 2.24) is 0 Å². The molecule has 0 aromatic heterocycles. The molecule has 0 amide bonds. The van der Waals surface area contributed by atoms with Gasteiger partial charge in [-0.15, -0.1) is 0 Å². The number of rotatable bonds is 5. The van der Waals surface area contributed by atoms with Crippen molar-refractivity contribution in [3.05, 3.63) is 23.8 Å². The van der Waals surface area contributed by atoms with Crippen molar-refractivity contribution in [2.24, 2.45) is 0 Å². The van der Waals surface area contributed by atoms with Crippen molar-refractivity contribution in [2.75, 3.05) is 19.5 Å². The maximum absolute atomic E-state index is 9.56. The van der Waals surface area contributed by atoms with Gasteiger partial charge in [0.1, 0.15) is 5.75 Å². The van der Waals surface area contributed by atoms with Gasteiger partial charge in [0.15, 0.2) is 6.29 Å². The monoisotopic (exact) mass is 225 g/mol. The second-order valence-electron chi connectivity index (χ2n) is 3.77. The van der Waals surface area contributed by atoms with Gasteiger partial charge in [-0.3, -0.25) is 0 Å². The van der Waals surface area contributed by atoms with Crippen LogP contribution in [0, 0.1) is 6.92 Å². The number of aromatic hydroxyl groups is 1. The molecule has 2 N–H and O–H groups in total. The molecule has 0 saturated carbocycles. The molecule has 0 saturated heterocycles. The molecule has 90 valence electrons. The summed E-state index contributed by atoms with van der Waals surface area (Å²) in [7, 11) is 3.19. The number of hydrogen-bond donors (Lipinski definition) is 2. The van der Waals surface area contributed by atoms with Gasteiger partial charge in [0.25, 0.3) is 0 Å². The molecule has 1 unspecified atom stereocenters. The summed E-state index contributed by atoms with van der Waals surface area (Å²) in [6, 6.07) is 5.46. The van der Waals surface area contributed by atoms with Gasteiger partial charge in [0, 0.05) is 26.0 Å². The van der Waals surface area contributed by atoms with E-state index in [1.807, 2.05) is 26.0 Å². The van der Waals surface area contributed by atoms with E-state index in [9.17, 15) is 5.11 Å². The van der Waals surface area contributed by atoms with Crippen LogP contribution >= 0.6 is 0 Å². The number of methoxy groups -OCH3 is 2. The summed E-state index contributed by atoms with van der Waals surface area (Å²) in [6.07, 6.45) is -0.316. The van der Waals surface area contributed by atoms with E-state index in [0.717, 1.165) is 11.3 Å². The second-order valence-corrected chi connectivity index (χ2v) is 3.77. The number of benzene rings is 1. The summed E-state index contributed by atoms with van der Waals surface area (Å²) in [5.41, 5.74) is 1.70. The Bertz CT molecular complexity index is 337. The van der Waals surface area contributed by atoms with Gasteiger partial charge in [0.2, 0.25) is 0 Å². The Morgan fingerprint density at radius 1 is 1.25 bits per heavy atom. The van der Waals surface area contributed by atoms with Gasteiger partial charge >= 0.3 is 0 Å². The first kappa shape index (κ1) is 12.8. The molecule has 0 radical (unpaired) electrons. The molecule has 0 bridgehead atoms. The molecule has 1 atom stereocenters. The number of aryl methyl sites for hydroxylation is 1. The molecule has 4 heteroatoms. The van der Waals surface area contributed by atoms with Gasteiger partial charge in [-0.05, 0) is 25.5 Å². The average Bonchev–Trinajstić information content (AvgIpc) is 2.25. The average molecular weight is 225 g/mol. The van der Waals surface area contributed by atoms with Gasteiger partial charge in [-0.2, -0.15) is 0 Å². The molecule has 1 aromatic rings. The minimum atomic E-state index is -0.316. The van der Waals surface area contributed by atoms with Crippen LogP contribution in [0.5, 0.6) is 5.75 Å². The Morgan fingerprint density at radius 3 is 2.38 bits per heavy atom. The van der Waals surface area contributed by atoms with Crippen molar-refractivity contribution in [3.8, 4) is 5.75 Å². The molecule has 0 fully saturated rings. The molecule has 1 aromatic carbocycles. The highest BCUT2D eigenvalue weighted by Crippen LogP contribution is 2.21. The van der Waals surface area contributed by atoms with E-state index >= 15 is 0 Å². The van der Waals surface area contributed by atoms with Crippen molar-refractivity contribution in [2.45, 2.75) is 26.2 Å². The highest BCUT2D eigenvalue weighted by atomic mass is 16.7. The summed E-state index contributed by atoms with van der Waals surface area (Å²) < 4.78 is 10.3. The molecule has 16 heavy (non-hydrogen) atoms.